The molecule has 1 aromatic rings. The minimum absolute atomic E-state index is 0.249. The van der Waals surface area contributed by atoms with Crippen LogP contribution >= 0.6 is 15.9 Å². The number of aromatic nitrogens is 1. The van der Waals surface area contributed by atoms with E-state index in [2.05, 4.69) is 20.9 Å². The Balaban J connectivity index is 2.75. The summed E-state index contributed by atoms with van der Waals surface area (Å²) in [5.41, 5.74) is 0.857. The smallest absolute Gasteiger partial charge is 0.188 e. The van der Waals surface area contributed by atoms with Crippen molar-refractivity contribution in [2.45, 2.75) is 6.92 Å². The van der Waals surface area contributed by atoms with Gasteiger partial charge in [0.25, 0.3) is 0 Å². The summed E-state index contributed by atoms with van der Waals surface area (Å²) in [4.78, 5) is 4.10. The minimum atomic E-state index is 0.249. The highest BCUT2D eigenvalue weighted by Gasteiger charge is 2.00. The number of aryl methyl sites for hydroxylation is 1. The maximum Gasteiger partial charge on any atom is 0.188 e. The molecule has 0 bridgehead atoms. The average Bonchev–Trinajstić information content (AvgIpc) is 2.07. The van der Waals surface area contributed by atoms with Gasteiger partial charge in [0.1, 0.15) is 5.75 Å². The van der Waals surface area contributed by atoms with Crippen molar-refractivity contribution in [3.8, 4) is 5.75 Å². The van der Waals surface area contributed by atoms with Crippen LogP contribution in [0.3, 0.4) is 0 Å². The minimum Gasteiger partial charge on any atom is -0.466 e. The molecule has 0 spiro atoms. The van der Waals surface area contributed by atoms with E-state index in [0.29, 0.717) is 0 Å². The third-order valence-electron chi connectivity index (χ3n) is 1.34. The maximum atomic E-state index is 5.25. The number of ether oxygens (including phenoxy) is 2. The second-order valence-corrected chi connectivity index (χ2v) is 3.20. The number of nitrogens with zero attached hydrogens (tertiary/aromatic N) is 1. The van der Waals surface area contributed by atoms with E-state index < -0.39 is 0 Å². The van der Waals surface area contributed by atoms with E-state index in [1.165, 1.54) is 0 Å². The Kier molecular flexibility index (Phi) is 3.49. The lowest BCUT2D eigenvalue weighted by Crippen LogP contribution is -2.01. The van der Waals surface area contributed by atoms with Crippen LogP contribution in [0, 0.1) is 6.92 Å². The fourth-order valence-corrected chi connectivity index (χ4v) is 1.07. The normalized spacial score (nSPS) is 9.92. The Morgan fingerprint density at radius 1 is 1.58 bits per heavy atom. The summed E-state index contributed by atoms with van der Waals surface area (Å²) in [6.07, 6.45) is 1.73. The van der Waals surface area contributed by atoms with Gasteiger partial charge >= 0.3 is 0 Å². The first kappa shape index (κ1) is 9.48. The number of hydrogen-bond acceptors (Lipinski definition) is 3. The van der Waals surface area contributed by atoms with E-state index in [-0.39, 0.29) is 6.79 Å². The SMILES string of the molecule is COCOc1cc(Br)cnc1C. The number of methoxy groups -OCH3 is 1. The lowest BCUT2D eigenvalue weighted by Gasteiger charge is -2.06. The largest absolute Gasteiger partial charge is 0.466 e. The molecule has 0 aliphatic heterocycles. The molecule has 0 aliphatic rings. The van der Waals surface area contributed by atoms with Crippen molar-refractivity contribution in [3.63, 3.8) is 0 Å². The summed E-state index contributed by atoms with van der Waals surface area (Å²) in [5.74, 6) is 0.742. The lowest BCUT2D eigenvalue weighted by molar-refractivity contribution is 0.0502. The van der Waals surface area contributed by atoms with Crippen LogP contribution in [0.2, 0.25) is 0 Å². The van der Waals surface area contributed by atoms with Gasteiger partial charge in [-0.1, -0.05) is 0 Å². The van der Waals surface area contributed by atoms with Gasteiger partial charge in [0, 0.05) is 17.8 Å². The van der Waals surface area contributed by atoms with Gasteiger partial charge in [-0.25, -0.2) is 0 Å². The molecule has 0 atom stereocenters. The number of pyridine rings is 1. The van der Waals surface area contributed by atoms with Crippen LogP contribution in [0.5, 0.6) is 5.75 Å². The second-order valence-electron chi connectivity index (χ2n) is 2.29. The fourth-order valence-electron chi connectivity index (χ4n) is 0.758. The van der Waals surface area contributed by atoms with E-state index in [0.717, 1.165) is 15.9 Å². The fraction of sp³-hybridized carbons (Fsp3) is 0.375. The van der Waals surface area contributed by atoms with Gasteiger partial charge in [-0.2, -0.15) is 0 Å². The molecule has 12 heavy (non-hydrogen) atoms. The molecule has 0 saturated carbocycles. The van der Waals surface area contributed by atoms with Crippen LogP contribution in [-0.4, -0.2) is 18.9 Å². The summed E-state index contributed by atoms with van der Waals surface area (Å²) in [6, 6.07) is 1.86. The Morgan fingerprint density at radius 2 is 2.33 bits per heavy atom. The Morgan fingerprint density at radius 3 is 3.00 bits per heavy atom. The van der Waals surface area contributed by atoms with E-state index >= 15 is 0 Å². The van der Waals surface area contributed by atoms with Gasteiger partial charge in [0.2, 0.25) is 0 Å². The zero-order valence-electron chi connectivity index (χ0n) is 7.00. The van der Waals surface area contributed by atoms with Gasteiger partial charge in [-0.15, -0.1) is 0 Å². The molecular weight excluding hydrogens is 222 g/mol. The van der Waals surface area contributed by atoms with Gasteiger partial charge < -0.3 is 9.47 Å². The Bertz CT molecular complexity index is 265. The topological polar surface area (TPSA) is 31.4 Å². The summed E-state index contributed by atoms with van der Waals surface area (Å²) in [7, 11) is 1.58. The summed E-state index contributed by atoms with van der Waals surface area (Å²) in [6.45, 7) is 2.14. The van der Waals surface area contributed by atoms with Crippen LogP contribution in [0.4, 0.5) is 0 Å². The molecule has 66 valence electrons. The van der Waals surface area contributed by atoms with Crippen molar-refractivity contribution < 1.29 is 9.47 Å². The van der Waals surface area contributed by atoms with Gasteiger partial charge in [0.05, 0.1) is 5.69 Å². The quantitative estimate of drug-likeness (QED) is 0.748. The predicted molar refractivity (Wildman–Crippen MR) is 49.2 cm³/mol. The second kappa shape index (κ2) is 4.42. The molecule has 0 N–H and O–H groups in total. The zero-order chi connectivity index (χ0) is 8.97. The van der Waals surface area contributed by atoms with Crippen LogP contribution in [0.1, 0.15) is 5.69 Å². The van der Waals surface area contributed by atoms with Crippen LogP contribution < -0.4 is 4.74 Å². The number of halogens is 1. The molecule has 1 aromatic heterocycles. The van der Waals surface area contributed by atoms with Gasteiger partial charge in [-0.3, -0.25) is 4.98 Å². The molecule has 0 radical (unpaired) electrons. The third kappa shape index (κ3) is 2.46. The molecule has 0 fully saturated rings. The van der Waals surface area contributed by atoms with Crippen molar-refractivity contribution in [2.75, 3.05) is 13.9 Å². The molecule has 0 unspecified atom stereocenters. The first-order valence-corrected chi connectivity index (χ1v) is 4.27. The van der Waals surface area contributed by atoms with Crippen LogP contribution in [-0.2, 0) is 4.74 Å². The Labute approximate surface area is 79.8 Å². The van der Waals surface area contributed by atoms with Crippen molar-refractivity contribution in [3.05, 3.63) is 22.4 Å². The molecule has 4 heteroatoms. The molecular formula is C8H10BrNO2. The van der Waals surface area contributed by atoms with E-state index in [1.54, 1.807) is 13.3 Å². The first-order valence-electron chi connectivity index (χ1n) is 3.48. The highest BCUT2D eigenvalue weighted by molar-refractivity contribution is 9.10. The van der Waals surface area contributed by atoms with Gasteiger partial charge in [-0.05, 0) is 28.9 Å². The molecule has 0 aliphatic carbocycles. The average molecular weight is 232 g/mol. The maximum absolute atomic E-state index is 5.25. The van der Waals surface area contributed by atoms with Crippen molar-refractivity contribution in [1.29, 1.82) is 0 Å². The summed E-state index contributed by atoms with van der Waals surface area (Å²) < 4.78 is 10.9. The van der Waals surface area contributed by atoms with Crippen molar-refractivity contribution in [2.24, 2.45) is 0 Å². The highest BCUT2D eigenvalue weighted by Crippen LogP contribution is 2.20. The van der Waals surface area contributed by atoms with Crippen molar-refractivity contribution >= 4 is 15.9 Å². The van der Waals surface area contributed by atoms with Crippen LogP contribution in [0.15, 0.2) is 16.7 Å². The summed E-state index contributed by atoms with van der Waals surface area (Å²) in [5, 5.41) is 0. The number of rotatable bonds is 3. The van der Waals surface area contributed by atoms with E-state index in [1.807, 2.05) is 13.0 Å². The van der Waals surface area contributed by atoms with Crippen molar-refractivity contribution in [1.82, 2.24) is 4.98 Å². The highest BCUT2D eigenvalue weighted by atomic mass is 79.9. The molecule has 0 aromatic carbocycles. The predicted octanol–water partition coefficient (Wildman–Crippen LogP) is 2.14. The standard InChI is InChI=1S/C8H10BrNO2/c1-6-8(12-5-11-2)3-7(9)4-10-6/h3-4H,5H2,1-2H3. The molecule has 1 heterocycles. The zero-order valence-corrected chi connectivity index (χ0v) is 8.59. The van der Waals surface area contributed by atoms with E-state index in [4.69, 9.17) is 9.47 Å². The Hall–Kier alpha value is -0.610. The number of hydrogen-bond donors (Lipinski definition) is 0. The lowest BCUT2D eigenvalue weighted by atomic mass is 10.3. The molecule has 0 amide bonds. The first-order chi connectivity index (χ1) is 5.74. The van der Waals surface area contributed by atoms with E-state index in [9.17, 15) is 0 Å². The molecule has 0 saturated heterocycles. The molecule has 1 rings (SSSR count). The monoisotopic (exact) mass is 231 g/mol. The van der Waals surface area contributed by atoms with Crippen LogP contribution in [0.25, 0.3) is 0 Å². The molecule has 3 nitrogen and oxygen atoms in total. The van der Waals surface area contributed by atoms with Gasteiger partial charge in [0.15, 0.2) is 6.79 Å². The summed E-state index contributed by atoms with van der Waals surface area (Å²) >= 11 is 3.30. The third-order valence-corrected chi connectivity index (χ3v) is 1.77.